The molecule has 0 saturated carbocycles. The van der Waals surface area contributed by atoms with E-state index in [1.54, 1.807) is 41.2 Å². The molecule has 0 unspecified atom stereocenters. The molecule has 0 aliphatic heterocycles. The van der Waals surface area contributed by atoms with E-state index >= 15 is 0 Å². The Bertz CT molecular complexity index is 391. The number of halogens is 1. The standard InChI is InChI=1S/C7H5IN2O2/c1-12-6-2-3-10(8)7(11)5(6)4-9/h2-3H,1H3. The van der Waals surface area contributed by atoms with Crippen molar-refractivity contribution in [3.05, 3.63) is 28.2 Å². The third-order valence-electron chi connectivity index (χ3n) is 1.34. The van der Waals surface area contributed by atoms with Crippen LogP contribution in [0.5, 0.6) is 5.75 Å². The maximum absolute atomic E-state index is 11.2. The molecule has 0 saturated heterocycles. The quantitative estimate of drug-likeness (QED) is 0.717. The van der Waals surface area contributed by atoms with Crippen molar-refractivity contribution >= 4 is 22.9 Å². The van der Waals surface area contributed by atoms with Crippen LogP contribution in [0.2, 0.25) is 0 Å². The predicted molar refractivity (Wildman–Crippen MR) is 51.4 cm³/mol. The number of ether oxygens (including phenoxy) is 1. The van der Waals surface area contributed by atoms with Crippen LogP contribution < -0.4 is 10.3 Å². The molecule has 12 heavy (non-hydrogen) atoms. The zero-order valence-corrected chi connectivity index (χ0v) is 8.40. The molecule has 1 aromatic heterocycles. The zero-order valence-electron chi connectivity index (χ0n) is 6.24. The Hall–Kier alpha value is -1.03. The number of pyridine rings is 1. The van der Waals surface area contributed by atoms with Crippen molar-refractivity contribution in [1.82, 2.24) is 2.78 Å². The minimum absolute atomic E-state index is 0.0365. The van der Waals surface area contributed by atoms with Crippen molar-refractivity contribution in [2.24, 2.45) is 0 Å². The fourth-order valence-electron chi connectivity index (χ4n) is 0.769. The van der Waals surface area contributed by atoms with Crippen LogP contribution >= 0.6 is 22.9 Å². The van der Waals surface area contributed by atoms with E-state index in [0.717, 1.165) is 0 Å². The first-order chi connectivity index (χ1) is 5.70. The van der Waals surface area contributed by atoms with E-state index in [-0.39, 0.29) is 11.1 Å². The Balaban J connectivity index is 3.49. The van der Waals surface area contributed by atoms with Gasteiger partial charge in [0.05, 0.1) is 30.0 Å². The van der Waals surface area contributed by atoms with Crippen LogP contribution in [-0.4, -0.2) is 9.89 Å². The maximum atomic E-state index is 11.2. The van der Waals surface area contributed by atoms with E-state index in [1.165, 1.54) is 9.89 Å². The first-order valence-electron chi connectivity index (χ1n) is 3.06. The fourth-order valence-corrected chi connectivity index (χ4v) is 1.17. The van der Waals surface area contributed by atoms with Crippen LogP contribution in [0.25, 0.3) is 0 Å². The second kappa shape index (κ2) is 3.58. The van der Waals surface area contributed by atoms with Crippen LogP contribution in [0.4, 0.5) is 0 Å². The number of hydrogen-bond donors (Lipinski definition) is 0. The summed E-state index contributed by atoms with van der Waals surface area (Å²) >= 11 is 1.80. The highest BCUT2D eigenvalue weighted by Crippen LogP contribution is 2.12. The molecule has 0 aliphatic rings. The summed E-state index contributed by atoms with van der Waals surface area (Å²) in [6, 6.07) is 3.37. The van der Waals surface area contributed by atoms with E-state index in [1.807, 2.05) is 0 Å². The van der Waals surface area contributed by atoms with Gasteiger partial charge in [-0.15, -0.1) is 0 Å². The van der Waals surface area contributed by atoms with Gasteiger partial charge in [-0.05, 0) is 6.07 Å². The highest BCUT2D eigenvalue weighted by atomic mass is 127. The van der Waals surface area contributed by atoms with Gasteiger partial charge in [-0.2, -0.15) is 5.26 Å². The first kappa shape index (κ1) is 9.06. The fraction of sp³-hybridized carbons (Fsp3) is 0.143. The normalized spacial score (nSPS) is 9.08. The van der Waals surface area contributed by atoms with Crippen LogP contribution in [0.3, 0.4) is 0 Å². The van der Waals surface area contributed by atoms with E-state index < -0.39 is 0 Å². The summed E-state index contributed by atoms with van der Waals surface area (Å²) < 4.78 is 6.14. The van der Waals surface area contributed by atoms with Crippen LogP contribution in [0, 0.1) is 11.3 Å². The molecule has 1 rings (SSSR count). The average Bonchev–Trinajstić information content (AvgIpc) is 2.09. The van der Waals surface area contributed by atoms with E-state index in [2.05, 4.69) is 0 Å². The second-order valence-electron chi connectivity index (χ2n) is 1.99. The molecule has 5 heteroatoms. The van der Waals surface area contributed by atoms with Gasteiger partial charge in [-0.3, -0.25) is 7.58 Å². The van der Waals surface area contributed by atoms with Gasteiger partial charge in [0, 0.05) is 6.20 Å². The summed E-state index contributed by atoms with van der Waals surface area (Å²) in [6.45, 7) is 0. The molecule has 0 aliphatic carbocycles. The molecule has 0 radical (unpaired) electrons. The van der Waals surface area contributed by atoms with Gasteiger partial charge in [-0.1, -0.05) is 0 Å². The second-order valence-corrected chi connectivity index (χ2v) is 3.03. The van der Waals surface area contributed by atoms with Gasteiger partial charge < -0.3 is 4.74 Å². The lowest BCUT2D eigenvalue weighted by atomic mass is 10.3. The average molecular weight is 276 g/mol. The molecule has 0 amide bonds. The lowest BCUT2D eigenvalue weighted by Crippen LogP contribution is -2.15. The number of methoxy groups -OCH3 is 1. The Kier molecular flexibility index (Phi) is 2.70. The summed E-state index contributed by atoms with van der Waals surface area (Å²) in [7, 11) is 1.42. The SMILES string of the molecule is COc1ccn(I)c(=O)c1C#N. The van der Waals surface area contributed by atoms with Gasteiger partial charge >= 0.3 is 0 Å². The van der Waals surface area contributed by atoms with Gasteiger partial charge in [0.2, 0.25) is 0 Å². The molecular formula is C7H5IN2O2. The number of nitriles is 1. The Morgan fingerprint density at radius 3 is 2.92 bits per heavy atom. The summed E-state index contributed by atoms with van der Waals surface area (Å²) in [5, 5.41) is 8.61. The highest BCUT2D eigenvalue weighted by Gasteiger charge is 2.07. The van der Waals surface area contributed by atoms with E-state index in [4.69, 9.17) is 10.00 Å². The summed E-state index contributed by atoms with van der Waals surface area (Å²) in [4.78, 5) is 11.2. The lowest BCUT2D eigenvalue weighted by Gasteiger charge is -2.01. The molecule has 0 fully saturated rings. The van der Waals surface area contributed by atoms with Gasteiger partial charge in [0.1, 0.15) is 11.8 Å². The Morgan fingerprint density at radius 1 is 1.75 bits per heavy atom. The third kappa shape index (κ3) is 1.43. The molecule has 4 nitrogen and oxygen atoms in total. The van der Waals surface area contributed by atoms with Gasteiger partial charge in [-0.25, -0.2) is 0 Å². The van der Waals surface area contributed by atoms with Crippen molar-refractivity contribution in [3.8, 4) is 11.8 Å². The third-order valence-corrected chi connectivity index (χ3v) is 2.10. The van der Waals surface area contributed by atoms with Crippen LogP contribution in [-0.2, 0) is 0 Å². The van der Waals surface area contributed by atoms with Crippen molar-refractivity contribution in [2.75, 3.05) is 7.11 Å². The van der Waals surface area contributed by atoms with E-state index in [9.17, 15) is 4.79 Å². The van der Waals surface area contributed by atoms with Crippen LogP contribution in [0.15, 0.2) is 17.1 Å². The molecule has 0 aromatic carbocycles. The van der Waals surface area contributed by atoms with Gasteiger partial charge in [0.25, 0.3) is 5.56 Å². The zero-order chi connectivity index (χ0) is 9.14. The molecule has 62 valence electrons. The highest BCUT2D eigenvalue weighted by molar-refractivity contribution is 14.1. The molecule has 1 aromatic rings. The Morgan fingerprint density at radius 2 is 2.42 bits per heavy atom. The minimum atomic E-state index is -0.350. The van der Waals surface area contributed by atoms with Crippen molar-refractivity contribution in [3.63, 3.8) is 0 Å². The smallest absolute Gasteiger partial charge is 0.281 e. The number of aromatic nitrogens is 1. The van der Waals surface area contributed by atoms with Crippen molar-refractivity contribution in [1.29, 1.82) is 5.26 Å². The molecule has 0 atom stereocenters. The summed E-state index contributed by atoms with van der Waals surface area (Å²) in [5.74, 6) is 0.315. The van der Waals surface area contributed by atoms with Crippen LogP contribution in [0.1, 0.15) is 5.56 Å². The molecule has 0 N–H and O–H groups in total. The molecule has 0 bridgehead atoms. The molecule has 0 spiro atoms. The van der Waals surface area contributed by atoms with E-state index in [0.29, 0.717) is 5.75 Å². The number of rotatable bonds is 1. The topological polar surface area (TPSA) is 55.0 Å². The maximum Gasteiger partial charge on any atom is 0.281 e. The molecular weight excluding hydrogens is 271 g/mol. The lowest BCUT2D eigenvalue weighted by molar-refractivity contribution is 0.412. The number of hydrogen-bond acceptors (Lipinski definition) is 3. The van der Waals surface area contributed by atoms with Crippen molar-refractivity contribution < 1.29 is 4.74 Å². The predicted octanol–water partition coefficient (Wildman–Crippen LogP) is 0.927. The van der Waals surface area contributed by atoms with Gasteiger partial charge in [0.15, 0.2) is 5.56 Å². The Labute approximate surface area is 82.9 Å². The molecule has 1 heterocycles. The summed E-state index contributed by atoms with van der Waals surface area (Å²) in [5.41, 5.74) is -0.313. The number of nitrogens with zero attached hydrogens (tertiary/aromatic N) is 2. The monoisotopic (exact) mass is 276 g/mol. The minimum Gasteiger partial charge on any atom is -0.495 e. The van der Waals surface area contributed by atoms with Crippen molar-refractivity contribution in [2.45, 2.75) is 0 Å². The largest absolute Gasteiger partial charge is 0.495 e. The first-order valence-corrected chi connectivity index (χ1v) is 4.03. The summed E-state index contributed by atoms with van der Waals surface area (Å²) in [6.07, 6.45) is 1.54.